The largest absolute Gasteiger partial charge is 0.467 e. The normalized spacial score (nSPS) is 12.3. The molecule has 238 valence electrons. The predicted molar refractivity (Wildman–Crippen MR) is 162 cm³/mol. The second-order valence-corrected chi connectivity index (χ2v) is 9.62. The van der Waals surface area contributed by atoms with Crippen LogP contribution >= 0.6 is 0 Å². The Morgan fingerprint density at radius 1 is 0.800 bits per heavy atom. The van der Waals surface area contributed by atoms with Crippen molar-refractivity contribution in [1.29, 1.82) is 0 Å². The lowest BCUT2D eigenvalue weighted by Crippen LogP contribution is -2.48. The number of carbonyl (C=O) groups is 4. The van der Waals surface area contributed by atoms with Crippen molar-refractivity contribution < 1.29 is 43.2 Å². The minimum Gasteiger partial charge on any atom is -0.467 e. The maximum Gasteiger partial charge on any atom is 0.437 e. The first kappa shape index (κ1) is 34.1. The number of aliphatic hydroxyl groups excluding tert-OH is 1. The van der Waals surface area contributed by atoms with E-state index in [1.807, 2.05) is 18.2 Å². The van der Waals surface area contributed by atoms with Crippen molar-refractivity contribution in [3.8, 4) is 0 Å². The molecule has 0 radical (unpaired) electrons. The second-order valence-electron chi connectivity index (χ2n) is 9.62. The zero-order valence-corrected chi connectivity index (χ0v) is 24.7. The number of rotatable bonds is 13. The van der Waals surface area contributed by atoms with Gasteiger partial charge in [-0.2, -0.15) is 0 Å². The van der Waals surface area contributed by atoms with Crippen molar-refractivity contribution in [2.24, 2.45) is 10.7 Å². The number of benzene rings is 3. The number of hydrogen-bond acceptors (Lipinski definition) is 9. The van der Waals surface area contributed by atoms with E-state index in [-0.39, 0.29) is 39.2 Å². The van der Waals surface area contributed by atoms with E-state index in [2.05, 4.69) is 15.0 Å². The van der Waals surface area contributed by atoms with Crippen molar-refractivity contribution in [2.75, 3.05) is 13.7 Å². The van der Waals surface area contributed by atoms with Crippen LogP contribution < -0.4 is 11.1 Å². The average molecular weight is 621 g/mol. The molecule has 3 aromatic carbocycles. The minimum atomic E-state index is -1.74. The van der Waals surface area contributed by atoms with Crippen molar-refractivity contribution in [3.63, 3.8) is 0 Å². The van der Waals surface area contributed by atoms with Gasteiger partial charge >= 0.3 is 24.2 Å². The number of aliphatic imine (C=N–C) groups is 1. The number of nitrogens with one attached hydrogen (secondary N) is 1. The van der Waals surface area contributed by atoms with E-state index in [1.54, 1.807) is 72.8 Å². The number of amides is 3. The standard InChI is InChI=1S/C32H36N4O9/c1-42-28(38)27(37)26(34-30(39)43-20-23-12-5-2-6-13-23)18-11-19-36(32(41)45-22-25-16-9-4-10-17-25)29(33)35-31(40)44-21-24-14-7-3-8-15-24/h2-10,12-17,26-27,37H,11,18-22H2,1H3,(H,34,39)(H2,33,35,40). The van der Waals surface area contributed by atoms with Crippen LogP contribution in [0.15, 0.2) is 96.0 Å². The Hall–Kier alpha value is -5.43. The Kier molecular flexibility index (Phi) is 13.8. The molecule has 13 nitrogen and oxygen atoms in total. The number of esters is 1. The lowest BCUT2D eigenvalue weighted by atomic mass is 10.1. The molecule has 4 N–H and O–H groups in total. The van der Waals surface area contributed by atoms with Crippen LogP contribution in [0, 0.1) is 0 Å². The average Bonchev–Trinajstić information content (AvgIpc) is 3.07. The van der Waals surface area contributed by atoms with E-state index in [0.717, 1.165) is 23.1 Å². The molecule has 2 unspecified atom stereocenters. The van der Waals surface area contributed by atoms with Crippen LogP contribution in [0.1, 0.15) is 29.5 Å². The van der Waals surface area contributed by atoms with Crippen LogP contribution in [0.4, 0.5) is 14.4 Å². The van der Waals surface area contributed by atoms with Gasteiger partial charge in [0.15, 0.2) is 6.10 Å². The fourth-order valence-corrected chi connectivity index (χ4v) is 3.98. The predicted octanol–water partition coefficient (Wildman–Crippen LogP) is 3.89. The summed E-state index contributed by atoms with van der Waals surface area (Å²) in [5.41, 5.74) is 8.21. The van der Waals surface area contributed by atoms with Gasteiger partial charge in [0.1, 0.15) is 19.8 Å². The monoisotopic (exact) mass is 620 g/mol. The molecule has 0 saturated heterocycles. The van der Waals surface area contributed by atoms with Crippen LogP contribution in [0.2, 0.25) is 0 Å². The molecule has 13 heteroatoms. The quantitative estimate of drug-likeness (QED) is 0.110. The Balaban J connectivity index is 1.67. The summed E-state index contributed by atoms with van der Waals surface area (Å²) in [6.07, 6.45) is -4.53. The van der Waals surface area contributed by atoms with Crippen molar-refractivity contribution in [1.82, 2.24) is 10.2 Å². The number of alkyl carbamates (subject to hydrolysis) is 1. The zero-order chi connectivity index (χ0) is 32.4. The van der Waals surface area contributed by atoms with Gasteiger partial charge in [0.25, 0.3) is 0 Å². The number of nitrogens with two attached hydrogens (primary N) is 1. The smallest absolute Gasteiger partial charge is 0.437 e. The highest BCUT2D eigenvalue weighted by Gasteiger charge is 2.30. The molecule has 45 heavy (non-hydrogen) atoms. The molecule has 0 spiro atoms. The molecule has 3 amide bonds. The van der Waals surface area contributed by atoms with Gasteiger partial charge in [-0.05, 0) is 29.5 Å². The summed E-state index contributed by atoms with van der Waals surface area (Å²) in [6, 6.07) is 25.6. The zero-order valence-electron chi connectivity index (χ0n) is 24.7. The van der Waals surface area contributed by atoms with E-state index < -0.39 is 42.4 Å². The Labute approximate surface area is 260 Å². The molecule has 0 saturated carbocycles. The molecule has 0 aliphatic rings. The molecule has 0 aromatic heterocycles. The van der Waals surface area contributed by atoms with Crippen LogP contribution in [0.25, 0.3) is 0 Å². The van der Waals surface area contributed by atoms with Gasteiger partial charge in [0, 0.05) is 6.54 Å². The van der Waals surface area contributed by atoms with Crippen LogP contribution in [-0.2, 0) is 43.6 Å². The van der Waals surface area contributed by atoms with E-state index >= 15 is 0 Å². The molecule has 0 heterocycles. The summed E-state index contributed by atoms with van der Waals surface area (Å²) < 4.78 is 20.4. The third-order valence-corrected chi connectivity index (χ3v) is 6.35. The first-order chi connectivity index (χ1) is 21.8. The number of ether oxygens (including phenoxy) is 4. The molecular weight excluding hydrogens is 584 g/mol. The number of nitrogens with zero attached hydrogens (tertiary/aromatic N) is 2. The van der Waals surface area contributed by atoms with Crippen molar-refractivity contribution in [2.45, 2.75) is 44.8 Å². The highest BCUT2D eigenvalue weighted by Crippen LogP contribution is 2.11. The Morgan fingerprint density at radius 3 is 1.80 bits per heavy atom. The van der Waals surface area contributed by atoms with Gasteiger partial charge in [-0.15, -0.1) is 4.99 Å². The maximum absolute atomic E-state index is 13.1. The minimum absolute atomic E-state index is 0.0368. The summed E-state index contributed by atoms with van der Waals surface area (Å²) in [5, 5.41) is 13.0. The van der Waals surface area contributed by atoms with E-state index in [0.29, 0.717) is 5.56 Å². The fraction of sp³-hybridized carbons (Fsp3) is 0.281. The molecule has 2 atom stereocenters. The van der Waals surface area contributed by atoms with Gasteiger partial charge in [-0.1, -0.05) is 91.0 Å². The first-order valence-corrected chi connectivity index (χ1v) is 14.0. The summed E-state index contributed by atoms with van der Waals surface area (Å²) in [5.74, 6) is -1.48. The molecule has 0 bridgehead atoms. The fourth-order valence-electron chi connectivity index (χ4n) is 3.98. The summed E-state index contributed by atoms with van der Waals surface area (Å²) in [4.78, 5) is 54.6. The third kappa shape index (κ3) is 12.0. The van der Waals surface area contributed by atoms with Crippen LogP contribution in [0.5, 0.6) is 0 Å². The third-order valence-electron chi connectivity index (χ3n) is 6.35. The van der Waals surface area contributed by atoms with Crippen LogP contribution in [0.3, 0.4) is 0 Å². The van der Waals surface area contributed by atoms with E-state index in [1.165, 1.54) is 0 Å². The molecule has 0 aliphatic carbocycles. The van der Waals surface area contributed by atoms with Gasteiger partial charge < -0.3 is 35.1 Å². The van der Waals surface area contributed by atoms with Crippen LogP contribution in [-0.4, -0.2) is 66.0 Å². The number of carbonyl (C=O) groups excluding carboxylic acids is 4. The number of guanidine groups is 1. The number of aliphatic hydroxyl groups is 1. The molecular formula is C32H36N4O9. The van der Waals surface area contributed by atoms with E-state index in [4.69, 9.17) is 19.9 Å². The summed E-state index contributed by atoms with van der Waals surface area (Å²) in [7, 11) is 1.09. The Morgan fingerprint density at radius 2 is 1.29 bits per heavy atom. The molecule has 3 aromatic rings. The topological polar surface area (TPSA) is 179 Å². The number of hydrogen-bond donors (Lipinski definition) is 3. The van der Waals surface area contributed by atoms with Gasteiger partial charge in [0.05, 0.1) is 13.2 Å². The Bertz CT molecular complexity index is 1410. The highest BCUT2D eigenvalue weighted by atomic mass is 16.6. The summed E-state index contributed by atoms with van der Waals surface area (Å²) in [6.45, 7) is -0.351. The molecule has 0 fully saturated rings. The van der Waals surface area contributed by atoms with Gasteiger partial charge in [-0.25, -0.2) is 24.1 Å². The van der Waals surface area contributed by atoms with Crippen molar-refractivity contribution >= 4 is 30.2 Å². The molecule has 0 aliphatic heterocycles. The second kappa shape index (κ2) is 18.3. The SMILES string of the molecule is COC(=O)C(O)C(CCCN(C(=O)OCc1ccccc1)C(N)=NC(=O)OCc1ccccc1)NC(=O)OCc1ccccc1. The maximum atomic E-state index is 13.1. The first-order valence-electron chi connectivity index (χ1n) is 14.0. The highest BCUT2D eigenvalue weighted by molar-refractivity contribution is 5.97. The lowest BCUT2D eigenvalue weighted by molar-refractivity contribution is -0.152. The lowest BCUT2D eigenvalue weighted by Gasteiger charge is -2.25. The number of methoxy groups -OCH3 is 1. The van der Waals surface area contributed by atoms with E-state index in [9.17, 15) is 24.3 Å². The molecule has 3 rings (SSSR count). The summed E-state index contributed by atoms with van der Waals surface area (Å²) >= 11 is 0. The van der Waals surface area contributed by atoms with Gasteiger partial charge in [0.2, 0.25) is 5.96 Å². The van der Waals surface area contributed by atoms with Crippen molar-refractivity contribution in [3.05, 3.63) is 108 Å². The van der Waals surface area contributed by atoms with Gasteiger partial charge in [-0.3, -0.25) is 0 Å².